The van der Waals surface area contributed by atoms with Crippen molar-refractivity contribution in [3.8, 4) is 11.6 Å². The molecule has 1 aliphatic heterocycles. The Morgan fingerprint density at radius 3 is 2.87 bits per heavy atom. The van der Waals surface area contributed by atoms with Crippen molar-refractivity contribution in [2.45, 2.75) is 12.6 Å². The first-order valence-corrected chi connectivity index (χ1v) is 7.59. The van der Waals surface area contributed by atoms with E-state index in [1.54, 1.807) is 12.3 Å². The van der Waals surface area contributed by atoms with Gasteiger partial charge in [-0.3, -0.25) is 4.79 Å². The Labute approximate surface area is 134 Å². The second-order valence-electron chi connectivity index (χ2n) is 5.20. The van der Waals surface area contributed by atoms with Crippen LogP contribution in [-0.2, 0) is 16.1 Å². The molecule has 2 N–H and O–H groups in total. The molecule has 1 fully saturated rings. The number of carbonyl (C=O) groups excluding carboxylic acids is 1. The van der Waals surface area contributed by atoms with Crippen LogP contribution in [0.25, 0.3) is 0 Å². The van der Waals surface area contributed by atoms with Crippen LogP contribution >= 0.6 is 0 Å². The van der Waals surface area contributed by atoms with Crippen LogP contribution in [0.15, 0.2) is 48.7 Å². The van der Waals surface area contributed by atoms with Gasteiger partial charge in [0.25, 0.3) is 5.91 Å². The molecule has 0 saturated carbocycles. The highest BCUT2D eigenvalue weighted by Crippen LogP contribution is 2.18. The van der Waals surface area contributed by atoms with Crippen molar-refractivity contribution in [3.05, 3.63) is 54.2 Å². The highest BCUT2D eigenvalue weighted by Gasteiger charge is 2.21. The molecule has 2 aromatic rings. The van der Waals surface area contributed by atoms with E-state index in [4.69, 9.17) is 9.47 Å². The molecule has 23 heavy (non-hydrogen) atoms. The van der Waals surface area contributed by atoms with E-state index in [9.17, 15) is 4.79 Å². The molecule has 0 spiro atoms. The Hall–Kier alpha value is -2.44. The lowest BCUT2D eigenvalue weighted by atomic mass is 10.2. The molecule has 1 amide bonds. The van der Waals surface area contributed by atoms with Gasteiger partial charge in [0.15, 0.2) is 0 Å². The van der Waals surface area contributed by atoms with Crippen molar-refractivity contribution in [1.29, 1.82) is 0 Å². The highest BCUT2D eigenvalue weighted by molar-refractivity contribution is 5.81. The van der Waals surface area contributed by atoms with Gasteiger partial charge in [-0.15, -0.1) is 0 Å². The van der Waals surface area contributed by atoms with E-state index in [-0.39, 0.29) is 5.91 Å². The normalized spacial score (nSPS) is 17.5. The zero-order valence-electron chi connectivity index (χ0n) is 12.7. The molecule has 1 aromatic heterocycles. The van der Waals surface area contributed by atoms with Gasteiger partial charge in [0.1, 0.15) is 11.9 Å². The smallest absolute Gasteiger partial charge is 0.250 e. The number of ether oxygens (including phenoxy) is 2. The third kappa shape index (κ3) is 4.51. The van der Waals surface area contributed by atoms with E-state index in [2.05, 4.69) is 15.6 Å². The van der Waals surface area contributed by atoms with Crippen molar-refractivity contribution >= 4 is 5.91 Å². The number of rotatable bonds is 5. The second-order valence-corrected chi connectivity index (χ2v) is 5.20. The van der Waals surface area contributed by atoms with Crippen LogP contribution in [0.2, 0.25) is 0 Å². The second kappa shape index (κ2) is 7.71. The zero-order chi connectivity index (χ0) is 15.9. The monoisotopic (exact) mass is 313 g/mol. The first-order chi connectivity index (χ1) is 11.3. The van der Waals surface area contributed by atoms with Crippen LogP contribution in [0.1, 0.15) is 5.56 Å². The average molecular weight is 313 g/mol. The van der Waals surface area contributed by atoms with Gasteiger partial charge in [-0.2, -0.15) is 0 Å². The molecular weight excluding hydrogens is 294 g/mol. The molecule has 6 heteroatoms. The molecule has 1 unspecified atom stereocenters. The quantitative estimate of drug-likeness (QED) is 0.875. The van der Waals surface area contributed by atoms with E-state index in [0.29, 0.717) is 25.6 Å². The summed E-state index contributed by atoms with van der Waals surface area (Å²) in [6.07, 6.45) is 1.27. The molecule has 1 aromatic carbocycles. The summed E-state index contributed by atoms with van der Waals surface area (Å²) in [7, 11) is 0. The SMILES string of the molecule is O=C(NCc1ccc(Oc2ccccc2)nc1)C1CNCCO1. The molecule has 6 nitrogen and oxygen atoms in total. The summed E-state index contributed by atoms with van der Waals surface area (Å²) in [6.45, 7) is 2.31. The van der Waals surface area contributed by atoms with Crippen LogP contribution in [0, 0.1) is 0 Å². The molecule has 2 heterocycles. The number of nitrogens with zero attached hydrogens (tertiary/aromatic N) is 1. The first-order valence-electron chi connectivity index (χ1n) is 7.59. The van der Waals surface area contributed by atoms with Gasteiger partial charge in [0.05, 0.1) is 6.61 Å². The number of benzene rings is 1. The number of aromatic nitrogens is 1. The maximum absolute atomic E-state index is 12.0. The zero-order valence-corrected chi connectivity index (χ0v) is 12.7. The molecule has 0 radical (unpaired) electrons. The van der Waals surface area contributed by atoms with Gasteiger partial charge in [-0.1, -0.05) is 24.3 Å². The number of hydrogen-bond donors (Lipinski definition) is 2. The molecule has 3 rings (SSSR count). The van der Waals surface area contributed by atoms with Crippen LogP contribution in [0.5, 0.6) is 11.6 Å². The molecule has 1 aliphatic rings. The fourth-order valence-electron chi connectivity index (χ4n) is 2.22. The van der Waals surface area contributed by atoms with E-state index in [0.717, 1.165) is 17.9 Å². The summed E-state index contributed by atoms with van der Waals surface area (Å²) in [4.78, 5) is 16.2. The predicted molar refractivity (Wildman–Crippen MR) is 85.2 cm³/mol. The minimum absolute atomic E-state index is 0.109. The Kier molecular flexibility index (Phi) is 5.18. The van der Waals surface area contributed by atoms with Crippen LogP contribution < -0.4 is 15.4 Å². The summed E-state index contributed by atoms with van der Waals surface area (Å²) >= 11 is 0. The first kappa shape index (κ1) is 15.5. The fourth-order valence-corrected chi connectivity index (χ4v) is 2.22. The third-order valence-electron chi connectivity index (χ3n) is 3.45. The largest absolute Gasteiger partial charge is 0.439 e. The topological polar surface area (TPSA) is 72.5 Å². The van der Waals surface area contributed by atoms with Gasteiger partial charge in [0, 0.05) is 31.9 Å². The molecule has 0 aliphatic carbocycles. The maximum atomic E-state index is 12.0. The van der Waals surface area contributed by atoms with Crippen LogP contribution in [0.4, 0.5) is 0 Å². The number of morpholine rings is 1. The number of nitrogens with one attached hydrogen (secondary N) is 2. The summed E-state index contributed by atoms with van der Waals surface area (Å²) in [6, 6.07) is 13.1. The Morgan fingerprint density at radius 2 is 2.17 bits per heavy atom. The van der Waals surface area contributed by atoms with Gasteiger partial charge >= 0.3 is 0 Å². The Balaban J connectivity index is 1.50. The number of amides is 1. The molecular formula is C17H19N3O3. The number of carbonyl (C=O) groups is 1. The van der Waals surface area contributed by atoms with Crippen molar-refractivity contribution < 1.29 is 14.3 Å². The lowest BCUT2D eigenvalue weighted by Gasteiger charge is -2.22. The summed E-state index contributed by atoms with van der Waals surface area (Å²) in [5, 5.41) is 5.98. The van der Waals surface area contributed by atoms with E-state index >= 15 is 0 Å². The minimum atomic E-state index is -0.419. The fraction of sp³-hybridized carbons (Fsp3) is 0.294. The van der Waals surface area contributed by atoms with Crippen molar-refractivity contribution in [2.24, 2.45) is 0 Å². The number of para-hydroxylation sites is 1. The lowest BCUT2D eigenvalue weighted by molar-refractivity contribution is -0.134. The van der Waals surface area contributed by atoms with Gasteiger partial charge in [0.2, 0.25) is 5.88 Å². The van der Waals surface area contributed by atoms with Crippen molar-refractivity contribution in [1.82, 2.24) is 15.6 Å². The van der Waals surface area contributed by atoms with Crippen LogP contribution in [-0.4, -0.2) is 36.7 Å². The molecule has 120 valence electrons. The minimum Gasteiger partial charge on any atom is -0.439 e. The van der Waals surface area contributed by atoms with E-state index in [1.807, 2.05) is 36.4 Å². The van der Waals surface area contributed by atoms with E-state index < -0.39 is 6.10 Å². The molecule has 0 bridgehead atoms. The van der Waals surface area contributed by atoms with Crippen molar-refractivity contribution in [3.63, 3.8) is 0 Å². The third-order valence-corrected chi connectivity index (χ3v) is 3.45. The summed E-state index contributed by atoms with van der Waals surface area (Å²) < 4.78 is 11.0. The van der Waals surface area contributed by atoms with Gasteiger partial charge in [-0.25, -0.2) is 4.98 Å². The van der Waals surface area contributed by atoms with Gasteiger partial charge in [-0.05, 0) is 17.7 Å². The summed E-state index contributed by atoms with van der Waals surface area (Å²) in [5.74, 6) is 1.15. The maximum Gasteiger partial charge on any atom is 0.250 e. The molecule has 1 atom stereocenters. The highest BCUT2D eigenvalue weighted by atomic mass is 16.5. The standard InChI is InChI=1S/C17H19N3O3/c21-17(15-12-18-8-9-22-15)20-11-13-6-7-16(19-10-13)23-14-4-2-1-3-5-14/h1-7,10,15,18H,8-9,11-12H2,(H,20,21). The summed E-state index contributed by atoms with van der Waals surface area (Å²) in [5.41, 5.74) is 0.905. The Morgan fingerprint density at radius 1 is 1.30 bits per heavy atom. The average Bonchev–Trinajstić information content (AvgIpc) is 2.62. The lowest BCUT2D eigenvalue weighted by Crippen LogP contribution is -2.47. The van der Waals surface area contributed by atoms with Gasteiger partial charge < -0.3 is 20.1 Å². The van der Waals surface area contributed by atoms with Crippen LogP contribution in [0.3, 0.4) is 0 Å². The number of pyridine rings is 1. The predicted octanol–water partition coefficient (Wildman–Crippen LogP) is 1.48. The number of hydrogen-bond acceptors (Lipinski definition) is 5. The molecule has 1 saturated heterocycles. The Bertz CT molecular complexity index is 625. The van der Waals surface area contributed by atoms with Crippen molar-refractivity contribution in [2.75, 3.05) is 19.7 Å². The van der Waals surface area contributed by atoms with E-state index in [1.165, 1.54) is 0 Å².